The van der Waals surface area contributed by atoms with Crippen molar-refractivity contribution >= 4 is 22.8 Å². The Labute approximate surface area is 121 Å². The molecule has 2 rings (SSSR count). The summed E-state index contributed by atoms with van der Waals surface area (Å²) in [7, 11) is 1.53. The molecular weight excluding hydrogens is 274 g/mol. The molecule has 1 heterocycles. The molecule has 112 valence electrons. The van der Waals surface area contributed by atoms with E-state index in [0.717, 1.165) is 0 Å². The lowest BCUT2D eigenvalue weighted by Crippen LogP contribution is -2.12. The second kappa shape index (κ2) is 5.87. The quantitative estimate of drug-likeness (QED) is 0.855. The SMILES string of the molecule is CCOC(=O)c1c(C)n(CC(=O)O)c2ccc(OC)cc12. The van der Waals surface area contributed by atoms with Gasteiger partial charge in [0, 0.05) is 16.6 Å². The Hall–Kier alpha value is -2.50. The van der Waals surface area contributed by atoms with Crippen molar-refractivity contribution < 1.29 is 24.2 Å². The second-order valence-corrected chi connectivity index (χ2v) is 4.54. The third kappa shape index (κ3) is 2.69. The maximum Gasteiger partial charge on any atom is 0.340 e. The van der Waals surface area contributed by atoms with Crippen molar-refractivity contribution in [3.05, 3.63) is 29.5 Å². The standard InChI is InChI=1S/C15H17NO5/c1-4-21-15(19)14-9(2)16(8-13(17)18)12-6-5-10(20-3)7-11(12)14/h5-7H,4,8H2,1-3H3,(H,17,18). The molecule has 0 aliphatic rings. The molecule has 21 heavy (non-hydrogen) atoms. The molecule has 0 fully saturated rings. The van der Waals surface area contributed by atoms with E-state index in [2.05, 4.69) is 0 Å². The minimum atomic E-state index is -0.971. The molecule has 0 unspecified atom stereocenters. The first-order valence-electron chi connectivity index (χ1n) is 6.55. The van der Waals surface area contributed by atoms with Gasteiger partial charge in [0.05, 0.1) is 19.3 Å². The van der Waals surface area contributed by atoms with Crippen LogP contribution in [0.5, 0.6) is 5.75 Å². The molecule has 0 spiro atoms. The van der Waals surface area contributed by atoms with Gasteiger partial charge in [0.2, 0.25) is 0 Å². The van der Waals surface area contributed by atoms with Gasteiger partial charge in [0.15, 0.2) is 0 Å². The maximum atomic E-state index is 12.2. The van der Waals surface area contributed by atoms with Crippen LogP contribution in [0.3, 0.4) is 0 Å². The fraction of sp³-hybridized carbons (Fsp3) is 0.333. The topological polar surface area (TPSA) is 77.8 Å². The summed E-state index contributed by atoms with van der Waals surface area (Å²) in [5.41, 5.74) is 1.62. The maximum absolute atomic E-state index is 12.2. The molecule has 0 atom stereocenters. The van der Waals surface area contributed by atoms with Crippen LogP contribution >= 0.6 is 0 Å². The normalized spacial score (nSPS) is 10.6. The molecule has 0 aliphatic heterocycles. The van der Waals surface area contributed by atoms with E-state index in [0.29, 0.717) is 27.9 Å². The lowest BCUT2D eigenvalue weighted by molar-refractivity contribution is -0.137. The Bertz CT molecular complexity index is 702. The Morgan fingerprint density at radius 2 is 2.05 bits per heavy atom. The summed E-state index contributed by atoms with van der Waals surface area (Å²) < 4.78 is 11.8. The van der Waals surface area contributed by atoms with Gasteiger partial charge in [-0.2, -0.15) is 0 Å². The van der Waals surface area contributed by atoms with Crippen LogP contribution in [0.15, 0.2) is 18.2 Å². The van der Waals surface area contributed by atoms with E-state index in [-0.39, 0.29) is 13.2 Å². The summed E-state index contributed by atoms with van der Waals surface area (Å²) in [4.78, 5) is 23.2. The number of benzene rings is 1. The number of carbonyl (C=O) groups excluding carboxylic acids is 1. The highest BCUT2D eigenvalue weighted by Gasteiger charge is 2.22. The molecule has 0 aliphatic carbocycles. The Morgan fingerprint density at radius 3 is 2.62 bits per heavy atom. The number of carboxylic acid groups (broad SMARTS) is 1. The predicted octanol–water partition coefficient (Wildman–Crippen LogP) is 2.22. The van der Waals surface area contributed by atoms with E-state index in [1.54, 1.807) is 36.6 Å². The average Bonchev–Trinajstić information content (AvgIpc) is 2.70. The summed E-state index contributed by atoms with van der Waals surface area (Å²) in [5.74, 6) is -0.834. The first-order valence-corrected chi connectivity index (χ1v) is 6.55. The molecule has 6 nitrogen and oxygen atoms in total. The largest absolute Gasteiger partial charge is 0.497 e. The zero-order valence-electron chi connectivity index (χ0n) is 12.2. The average molecular weight is 291 g/mol. The van der Waals surface area contributed by atoms with Crippen molar-refractivity contribution in [3.63, 3.8) is 0 Å². The molecule has 0 saturated carbocycles. The molecule has 1 N–H and O–H groups in total. The molecule has 0 amide bonds. The van der Waals surface area contributed by atoms with Gasteiger partial charge in [-0.3, -0.25) is 4.79 Å². The van der Waals surface area contributed by atoms with Crippen LogP contribution in [0.1, 0.15) is 23.0 Å². The smallest absolute Gasteiger partial charge is 0.340 e. The van der Waals surface area contributed by atoms with Gasteiger partial charge in [0.1, 0.15) is 12.3 Å². The number of hydrogen-bond acceptors (Lipinski definition) is 4. The molecular formula is C15H17NO5. The Kier molecular flexibility index (Phi) is 4.16. The number of esters is 1. The van der Waals surface area contributed by atoms with Crippen molar-refractivity contribution in [1.82, 2.24) is 4.57 Å². The number of fused-ring (bicyclic) bond motifs is 1. The third-order valence-corrected chi connectivity index (χ3v) is 3.30. The van der Waals surface area contributed by atoms with Crippen LogP contribution in [-0.2, 0) is 16.1 Å². The molecule has 6 heteroatoms. The number of rotatable bonds is 5. The Balaban J connectivity index is 2.71. The summed E-state index contributed by atoms with van der Waals surface area (Å²) in [6, 6.07) is 5.19. The van der Waals surface area contributed by atoms with Crippen LogP contribution < -0.4 is 4.74 Å². The monoisotopic (exact) mass is 291 g/mol. The van der Waals surface area contributed by atoms with E-state index < -0.39 is 11.9 Å². The van der Waals surface area contributed by atoms with Gasteiger partial charge in [-0.25, -0.2) is 4.79 Å². The number of carboxylic acids is 1. The molecule has 1 aromatic carbocycles. The minimum absolute atomic E-state index is 0.214. The van der Waals surface area contributed by atoms with Crippen molar-refractivity contribution in [1.29, 1.82) is 0 Å². The molecule has 0 saturated heterocycles. The second-order valence-electron chi connectivity index (χ2n) is 4.54. The minimum Gasteiger partial charge on any atom is -0.497 e. The highest BCUT2D eigenvalue weighted by molar-refractivity contribution is 6.06. The molecule has 2 aromatic rings. The van der Waals surface area contributed by atoms with E-state index in [1.165, 1.54) is 7.11 Å². The predicted molar refractivity (Wildman–Crippen MR) is 76.8 cm³/mol. The van der Waals surface area contributed by atoms with Gasteiger partial charge in [0.25, 0.3) is 0 Å². The fourth-order valence-corrected chi connectivity index (χ4v) is 2.39. The van der Waals surface area contributed by atoms with Crippen LogP contribution in [0.2, 0.25) is 0 Å². The van der Waals surface area contributed by atoms with Crippen molar-refractivity contribution in [2.75, 3.05) is 13.7 Å². The van der Waals surface area contributed by atoms with Crippen LogP contribution in [0.4, 0.5) is 0 Å². The first-order chi connectivity index (χ1) is 9.99. The highest BCUT2D eigenvalue weighted by atomic mass is 16.5. The van der Waals surface area contributed by atoms with E-state index in [9.17, 15) is 9.59 Å². The number of aromatic nitrogens is 1. The number of aliphatic carboxylic acids is 1. The number of ether oxygens (including phenoxy) is 2. The van der Waals surface area contributed by atoms with Gasteiger partial charge in [-0.05, 0) is 32.0 Å². The highest BCUT2D eigenvalue weighted by Crippen LogP contribution is 2.30. The van der Waals surface area contributed by atoms with Crippen LogP contribution in [0.25, 0.3) is 10.9 Å². The summed E-state index contributed by atoms with van der Waals surface area (Å²) in [6.45, 7) is 3.48. The van der Waals surface area contributed by atoms with Crippen LogP contribution in [0, 0.1) is 6.92 Å². The van der Waals surface area contributed by atoms with Crippen molar-refractivity contribution in [3.8, 4) is 5.75 Å². The zero-order chi connectivity index (χ0) is 15.6. The van der Waals surface area contributed by atoms with Crippen molar-refractivity contribution in [2.45, 2.75) is 20.4 Å². The zero-order valence-corrected chi connectivity index (χ0v) is 12.2. The lowest BCUT2D eigenvalue weighted by atomic mass is 10.1. The molecule has 1 aromatic heterocycles. The first kappa shape index (κ1) is 14.9. The van der Waals surface area contributed by atoms with Crippen LogP contribution in [-0.4, -0.2) is 35.3 Å². The lowest BCUT2D eigenvalue weighted by Gasteiger charge is -2.05. The van der Waals surface area contributed by atoms with Gasteiger partial charge in [-0.15, -0.1) is 0 Å². The van der Waals surface area contributed by atoms with Gasteiger partial charge >= 0.3 is 11.9 Å². The number of hydrogen-bond donors (Lipinski definition) is 1. The molecule has 0 bridgehead atoms. The Morgan fingerprint density at radius 1 is 1.33 bits per heavy atom. The fourth-order valence-electron chi connectivity index (χ4n) is 2.39. The summed E-state index contributed by atoms with van der Waals surface area (Å²) in [5, 5.41) is 9.67. The summed E-state index contributed by atoms with van der Waals surface area (Å²) in [6.07, 6.45) is 0. The molecule has 0 radical (unpaired) electrons. The van der Waals surface area contributed by atoms with Gasteiger partial charge in [-0.1, -0.05) is 0 Å². The summed E-state index contributed by atoms with van der Waals surface area (Å²) >= 11 is 0. The van der Waals surface area contributed by atoms with Crippen molar-refractivity contribution in [2.24, 2.45) is 0 Å². The number of carbonyl (C=O) groups is 2. The van der Waals surface area contributed by atoms with Gasteiger partial charge < -0.3 is 19.1 Å². The third-order valence-electron chi connectivity index (χ3n) is 3.30. The van der Waals surface area contributed by atoms with E-state index in [1.807, 2.05) is 0 Å². The van der Waals surface area contributed by atoms with E-state index >= 15 is 0 Å². The number of nitrogens with zero attached hydrogens (tertiary/aromatic N) is 1. The van der Waals surface area contributed by atoms with E-state index in [4.69, 9.17) is 14.6 Å². The number of methoxy groups -OCH3 is 1.